The quantitative estimate of drug-likeness (QED) is 0.626. The van der Waals surface area contributed by atoms with Crippen molar-refractivity contribution in [2.45, 2.75) is 45.6 Å². The third-order valence-corrected chi connectivity index (χ3v) is 4.87. The van der Waals surface area contributed by atoms with E-state index in [1.807, 2.05) is 0 Å². The summed E-state index contributed by atoms with van der Waals surface area (Å²) in [4.78, 5) is 4.76. The predicted molar refractivity (Wildman–Crippen MR) is 93.5 cm³/mol. The van der Waals surface area contributed by atoms with E-state index in [4.69, 9.17) is 10.8 Å². The number of aromatic nitrogens is 1. The molecule has 0 aliphatic carbocycles. The maximum atomic E-state index is 5.77. The monoisotopic (exact) mass is 367 g/mol. The van der Waals surface area contributed by atoms with Crippen LogP contribution in [0.5, 0.6) is 0 Å². The minimum atomic E-state index is 0.0806. The lowest BCUT2D eigenvalue weighted by atomic mass is 9.93. The van der Waals surface area contributed by atoms with Crippen LogP contribution in [0.2, 0.25) is 0 Å². The summed E-state index contributed by atoms with van der Waals surface area (Å²) in [5.41, 5.74) is 6.60. The third-order valence-electron chi connectivity index (χ3n) is 3.51. The number of hydrogen-bond acceptors (Lipinski definition) is 4. The molecule has 0 saturated carbocycles. The molecule has 0 bridgehead atoms. The Labute approximate surface area is 139 Å². The molecule has 2 rings (SSSR count). The molecular formula is C16H22BrN3S. The molecule has 0 amide bonds. The van der Waals surface area contributed by atoms with Gasteiger partial charge in [0, 0.05) is 21.7 Å². The van der Waals surface area contributed by atoms with E-state index in [1.54, 1.807) is 11.3 Å². The van der Waals surface area contributed by atoms with Crippen LogP contribution in [0, 0.1) is 6.92 Å². The first kappa shape index (κ1) is 16.6. The summed E-state index contributed by atoms with van der Waals surface area (Å²) < 4.78 is 1.09. The lowest BCUT2D eigenvalue weighted by Gasteiger charge is -2.18. The van der Waals surface area contributed by atoms with Crippen molar-refractivity contribution in [2.75, 3.05) is 0 Å². The Morgan fingerprint density at radius 1 is 1.38 bits per heavy atom. The molecule has 1 atom stereocenters. The van der Waals surface area contributed by atoms with E-state index in [-0.39, 0.29) is 11.5 Å². The van der Waals surface area contributed by atoms with Gasteiger partial charge in [0.1, 0.15) is 0 Å². The maximum absolute atomic E-state index is 5.77. The van der Waals surface area contributed by atoms with E-state index in [1.165, 1.54) is 11.1 Å². The predicted octanol–water partition coefficient (Wildman–Crippen LogP) is 4.26. The summed E-state index contributed by atoms with van der Waals surface area (Å²) in [6.07, 6.45) is 0.805. The molecule has 0 aliphatic rings. The van der Waals surface area contributed by atoms with Gasteiger partial charge in [0.15, 0.2) is 0 Å². The van der Waals surface area contributed by atoms with Gasteiger partial charge >= 0.3 is 0 Å². The van der Waals surface area contributed by atoms with E-state index < -0.39 is 0 Å². The molecule has 3 nitrogen and oxygen atoms in total. The first-order valence-electron chi connectivity index (χ1n) is 6.98. The second-order valence-corrected chi connectivity index (χ2v) is 8.16. The molecule has 21 heavy (non-hydrogen) atoms. The lowest BCUT2D eigenvalue weighted by molar-refractivity contribution is 0.539. The van der Waals surface area contributed by atoms with Crippen molar-refractivity contribution in [3.05, 3.63) is 49.9 Å². The van der Waals surface area contributed by atoms with Crippen LogP contribution in [0.15, 0.2) is 28.1 Å². The van der Waals surface area contributed by atoms with Crippen LogP contribution in [0.1, 0.15) is 48.6 Å². The van der Waals surface area contributed by atoms with Crippen LogP contribution in [-0.4, -0.2) is 4.98 Å². The summed E-state index contributed by atoms with van der Waals surface area (Å²) in [6.45, 7) is 8.66. The molecule has 1 aromatic heterocycles. The summed E-state index contributed by atoms with van der Waals surface area (Å²) in [5, 5.41) is 3.27. The first-order chi connectivity index (χ1) is 9.81. The number of aryl methyl sites for hydroxylation is 1. The lowest BCUT2D eigenvalue weighted by Crippen LogP contribution is -2.30. The highest BCUT2D eigenvalue weighted by Crippen LogP contribution is 2.28. The molecule has 2 aromatic rings. The molecule has 1 unspecified atom stereocenters. The number of benzene rings is 1. The van der Waals surface area contributed by atoms with Gasteiger partial charge in [-0.25, -0.2) is 4.98 Å². The molecule has 5 heteroatoms. The Bertz CT molecular complexity index is 616. The number of rotatable bonds is 4. The standard InChI is InChI=1S/C16H22BrN3S/c1-10-7-11(17)5-6-12(10)13(20-18)8-15-19-14(9-21-15)16(2,3)4/h5-7,9,13,20H,8,18H2,1-4H3. The average Bonchev–Trinajstić information content (AvgIpc) is 2.85. The summed E-state index contributed by atoms with van der Waals surface area (Å²) >= 11 is 5.21. The fourth-order valence-electron chi connectivity index (χ4n) is 2.21. The van der Waals surface area contributed by atoms with Gasteiger partial charge in [0.05, 0.1) is 16.7 Å². The first-order valence-corrected chi connectivity index (χ1v) is 8.65. The second-order valence-electron chi connectivity index (χ2n) is 6.30. The van der Waals surface area contributed by atoms with Crippen molar-refractivity contribution in [1.29, 1.82) is 0 Å². The molecule has 3 N–H and O–H groups in total. The van der Waals surface area contributed by atoms with E-state index in [9.17, 15) is 0 Å². The van der Waals surface area contributed by atoms with Gasteiger partial charge in [-0.15, -0.1) is 11.3 Å². The number of hydrazine groups is 1. The molecule has 0 spiro atoms. The highest BCUT2D eigenvalue weighted by molar-refractivity contribution is 9.10. The number of nitrogens with one attached hydrogen (secondary N) is 1. The van der Waals surface area contributed by atoms with E-state index in [0.29, 0.717) is 0 Å². The number of nitrogens with two attached hydrogens (primary N) is 1. The maximum Gasteiger partial charge on any atom is 0.0948 e. The Morgan fingerprint density at radius 2 is 2.10 bits per heavy atom. The topological polar surface area (TPSA) is 50.9 Å². The Morgan fingerprint density at radius 3 is 2.62 bits per heavy atom. The molecule has 1 heterocycles. The highest BCUT2D eigenvalue weighted by Gasteiger charge is 2.20. The van der Waals surface area contributed by atoms with Crippen LogP contribution in [0.25, 0.3) is 0 Å². The van der Waals surface area contributed by atoms with Crippen LogP contribution in [-0.2, 0) is 11.8 Å². The Balaban J connectivity index is 2.21. The Hall–Kier alpha value is -0.750. The molecule has 0 fully saturated rings. The van der Waals surface area contributed by atoms with E-state index in [2.05, 4.69) is 72.6 Å². The number of hydrogen-bond donors (Lipinski definition) is 2. The van der Waals surface area contributed by atoms with Crippen LogP contribution in [0.3, 0.4) is 0 Å². The van der Waals surface area contributed by atoms with Gasteiger partial charge in [-0.1, -0.05) is 42.8 Å². The van der Waals surface area contributed by atoms with Gasteiger partial charge in [-0.05, 0) is 30.2 Å². The van der Waals surface area contributed by atoms with Gasteiger partial charge < -0.3 is 0 Å². The van der Waals surface area contributed by atoms with Gasteiger partial charge in [0.25, 0.3) is 0 Å². The SMILES string of the molecule is Cc1cc(Br)ccc1C(Cc1nc(C(C)(C)C)cs1)NN. The second kappa shape index (κ2) is 6.57. The zero-order chi connectivity index (χ0) is 15.6. The van der Waals surface area contributed by atoms with Gasteiger partial charge in [-0.2, -0.15) is 0 Å². The molecule has 1 aromatic carbocycles. The summed E-state index contributed by atoms with van der Waals surface area (Å²) in [6, 6.07) is 6.36. The van der Waals surface area contributed by atoms with Crippen molar-refractivity contribution in [1.82, 2.24) is 10.4 Å². The number of nitrogens with zero attached hydrogens (tertiary/aromatic N) is 1. The average molecular weight is 368 g/mol. The molecule has 0 radical (unpaired) electrons. The fraction of sp³-hybridized carbons (Fsp3) is 0.438. The van der Waals surface area contributed by atoms with Crippen LogP contribution in [0.4, 0.5) is 0 Å². The smallest absolute Gasteiger partial charge is 0.0948 e. The van der Waals surface area contributed by atoms with Gasteiger partial charge in [0.2, 0.25) is 0 Å². The summed E-state index contributed by atoms with van der Waals surface area (Å²) in [5.74, 6) is 5.77. The molecular weight excluding hydrogens is 346 g/mol. The normalized spacial score (nSPS) is 13.4. The third kappa shape index (κ3) is 4.13. The Kier molecular flexibility index (Phi) is 5.20. The summed E-state index contributed by atoms with van der Waals surface area (Å²) in [7, 11) is 0. The molecule has 0 aliphatic heterocycles. The van der Waals surface area contributed by atoms with Crippen molar-refractivity contribution in [3.63, 3.8) is 0 Å². The fourth-order valence-corrected chi connectivity index (χ4v) is 3.76. The molecule has 114 valence electrons. The van der Waals surface area contributed by atoms with Crippen molar-refractivity contribution in [2.24, 2.45) is 5.84 Å². The molecule has 0 saturated heterocycles. The van der Waals surface area contributed by atoms with E-state index >= 15 is 0 Å². The number of halogens is 1. The van der Waals surface area contributed by atoms with Crippen LogP contribution < -0.4 is 11.3 Å². The van der Waals surface area contributed by atoms with Crippen molar-refractivity contribution < 1.29 is 0 Å². The van der Waals surface area contributed by atoms with Crippen LogP contribution >= 0.6 is 27.3 Å². The number of thiazole rings is 1. The minimum absolute atomic E-state index is 0.0806. The zero-order valence-electron chi connectivity index (χ0n) is 12.9. The zero-order valence-corrected chi connectivity index (χ0v) is 15.3. The van der Waals surface area contributed by atoms with E-state index in [0.717, 1.165) is 21.6 Å². The van der Waals surface area contributed by atoms with Crippen molar-refractivity contribution >= 4 is 27.3 Å². The van der Waals surface area contributed by atoms with Crippen molar-refractivity contribution in [3.8, 4) is 0 Å². The minimum Gasteiger partial charge on any atom is -0.271 e. The highest BCUT2D eigenvalue weighted by atomic mass is 79.9. The van der Waals surface area contributed by atoms with Gasteiger partial charge in [-0.3, -0.25) is 11.3 Å². The largest absolute Gasteiger partial charge is 0.271 e.